The molecule has 0 aliphatic carbocycles. The lowest BCUT2D eigenvalue weighted by Gasteiger charge is -2.12. The van der Waals surface area contributed by atoms with Crippen LogP contribution in [0, 0.1) is 0 Å². The molecule has 1 aromatic rings. The predicted molar refractivity (Wildman–Crippen MR) is 51.7 cm³/mol. The lowest BCUT2D eigenvalue weighted by atomic mass is 9.98. The maximum atomic E-state index is 12.3. The van der Waals surface area contributed by atoms with Gasteiger partial charge in [-0.15, -0.1) is 6.58 Å². The molecule has 1 N–H and O–H groups in total. The summed E-state index contributed by atoms with van der Waals surface area (Å²) in [7, 11) is 0. The van der Waals surface area contributed by atoms with E-state index in [0.717, 1.165) is 12.1 Å². The number of halogens is 3. The molecule has 1 atom stereocenters. The highest BCUT2D eigenvalue weighted by atomic mass is 19.4. The molecule has 1 unspecified atom stereocenters. The molecule has 0 spiro atoms. The summed E-state index contributed by atoms with van der Waals surface area (Å²) in [5.74, 6) is -0.524. The summed E-state index contributed by atoms with van der Waals surface area (Å²) in [6.45, 7) is 5.26. The van der Waals surface area contributed by atoms with Crippen molar-refractivity contribution in [3.05, 3.63) is 42.0 Å². The quantitative estimate of drug-likeness (QED) is 0.747. The van der Waals surface area contributed by atoms with Gasteiger partial charge in [-0.3, -0.25) is 0 Å². The second-order valence-corrected chi connectivity index (χ2v) is 3.30. The van der Waals surface area contributed by atoms with Crippen LogP contribution in [0.2, 0.25) is 0 Å². The van der Waals surface area contributed by atoms with E-state index >= 15 is 0 Å². The lowest BCUT2D eigenvalue weighted by Crippen LogP contribution is -2.05. The Morgan fingerprint density at radius 3 is 2.40 bits per heavy atom. The number of rotatable bonds is 2. The zero-order chi connectivity index (χ0) is 11.6. The molecule has 0 aliphatic heterocycles. The van der Waals surface area contributed by atoms with Crippen LogP contribution in [0.25, 0.3) is 0 Å². The van der Waals surface area contributed by atoms with Crippen molar-refractivity contribution in [1.29, 1.82) is 0 Å². The van der Waals surface area contributed by atoms with Crippen LogP contribution >= 0.6 is 0 Å². The van der Waals surface area contributed by atoms with Gasteiger partial charge in [0.2, 0.25) is 0 Å². The van der Waals surface area contributed by atoms with Crippen molar-refractivity contribution in [3.8, 4) is 5.75 Å². The Labute approximate surface area is 85.9 Å². The smallest absolute Gasteiger partial charge is 0.416 e. The van der Waals surface area contributed by atoms with Gasteiger partial charge in [-0.2, -0.15) is 13.2 Å². The molecular formula is C11H11F3O. The van der Waals surface area contributed by atoms with E-state index in [1.165, 1.54) is 6.07 Å². The summed E-state index contributed by atoms with van der Waals surface area (Å²) in [5.41, 5.74) is -0.405. The highest BCUT2D eigenvalue weighted by Crippen LogP contribution is 2.34. The molecule has 0 amide bonds. The molecular weight excluding hydrogens is 205 g/mol. The molecule has 0 bridgehead atoms. The normalized spacial score (nSPS) is 13.6. The molecule has 0 aliphatic rings. The van der Waals surface area contributed by atoms with Crippen molar-refractivity contribution in [2.24, 2.45) is 0 Å². The van der Waals surface area contributed by atoms with E-state index in [1.807, 2.05) is 0 Å². The molecule has 15 heavy (non-hydrogen) atoms. The first kappa shape index (κ1) is 11.6. The van der Waals surface area contributed by atoms with E-state index < -0.39 is 11.7 Å². The van der Waals surface area contributed by atoms with Crippen LogP contribution in [0.4, 0.5) is 13.2 Å². The average Bonchev–Trinajstić information content (AvgIpc) is 2.15. The first-order chi connectivity index (χ1) is 6.86. The van der Waals surface area contributed by atoms with E-state index in [0.29, 0.717) is 5.56 Å². The zero-order valence-corrected chi connectivity index (χ0v) is 8.17. The zero-order valence-electron chi connectivity index (χ0n) is 8.17. The molecule has 4 heteroatoms. The van der Waals surface area contributed by atoms with E-state index in [2.05, 4.69) is 6.58 Å². The molecule has 1 rings (SSSR count). The largest absolute Gasteiger partial charge is 0.508 e. The third-order valence-corrected chi connectivity index (χ3v) is 2.20. The van der Waals surface area contributed by atoms with Gasteiger partial charge in [0.15, 0.2) is 0 Å². The first-order valence-corrected chi connectivity index (χ1v) is 4.39. The van der Waals surface area contributed by atoms with Crippen molar-refractivity contribution in [1.82, 2.24) is 0 Å². The topological polar surface area (TPSA) is 20.2 Å². The van der Waals surface area contributed by atoms with Gasteiger partial charge in [0, 0.05) is 11.5 Å². The Morgan fingerprint density at radius 2 is 2.00 bits per heavy atom. The van der Waals surface area contributed by atoms with Gasteiger partial charge in [0.1, 0.15) is 5.75 Å². The molecule has 1 aromatic carbocycles. The molecule has 0 saturated heterocycles. The van der Waals surface area contributed by atoms with Crippen LogP contribution < -0.4 is 0 Å². The van der Waals surface area contributed by atoms with Crippen LogP contribution in [0.3, 0.4) is 0 Å². The Hall–Kier alpha value is -1.45. The van der Waals surface area contributed by atoms with Gasteiger partial charge in [-0.1, -0.05) is 19.1 Å². The van der Waals surface area contributed by atoms with Crippen LogP contribution in [-0.4, -0.2) is 5.11 Å². The summed E-state index contributed by atoms with van der Waals surface area (Å²) < 4.78 is 36.8. The van der Waals surface area contributed by atoms with Gasteiger partial charge < -0.3 is 5.11 Å². The third-order valence-electron chi connectivity index (χ3n) is 2.20. The minimum atomic E-state index is -4.42. The summed E-state index contributed by atoms with van der Waals surface area (Å²) in [6, 6.07) is 2.95. The van der Waals surface area contributed by atoms with Gasteiger partial charge in [-0.05, 0) is 12.1 Å². The fraction of sp³-hybridized carbons (Fsp3) is 0.273. The maximum Gasteiger partial charge on any atom is 0.416 e. The van der Waals surface area contributed by atoms with E-state index in [4.69, 9.17) is 0 Å². The molecule has 0 radical (unpaired) electrons. The summed E-state index contributed by atoms with van der Waals surface area (Å²) >= 11 is 0. The Kier molecular flexibility index (Phi) is 3.07. The number of hydrogen-bond acceptors (Lipinski definition) is 1. The van der Waals surface area contributed by atoms with Gasteiger partial charge in [0.25, 0.3) is 0 Å². The van der Waals surface area contributed by atoms with E-state index in [1.54, 1.807) is 13.0 Å². The van der Waals surface area contributed by atoms with Crippen molar-refractivity contribution < 1.29 is 18.3 Å². The summed E-state index contributed by atoms with van der Waals surface area (Å²) in [4.78, 5) is 0. The number of alkyl halides is 3. The van der Waals surface area contributed by atoms with Crippen molar-refractivity contribution in [2.45, 2.75) is 19.0 Å². The number of phenolic OH excluding ortho intramolecular Hbond substituents is 1. The SMILES string of the molecule is C=CC(C)c1ccc(C(F)(F)F)cc1O. The van der Waals surface area contributed by atoms with E-state index in [-0.39, 0.29) is 11.7 Å². The minimum absolute atomic E-state index is 0.174. The molecule has 0 saturated carbocycles. The fourth-order valence-corrected chi connectivity index (χ4v) is 1.23. The number of allylic oxidation sites excluding steroid dienone is 1. The van der Waals surface area contributed by atoms with E-state index in [9.17, 15) is 18.3 Å². The van der Waals surface area contributed by atoms with Crippen molar-refractivity contribution in [3.63, 3.8) is 0 Å². The van der Waals surface area contributed by atoms with Crippen molar-refractivity contribution >= 4 is 0 Å². The molecule has 0 fully saturated rings. The number of benzene rings is 1. The first-order valence-electron chi connectivity index (χ1n) is 4.39. The van der Waals surface area contributed by atoms with Crippen LogP contribution in [0.1, 0.15) is 24.0 Å². The summed E-state index contributed by atoms with van der Waals surface area (Å²) in [6.07, 6.45) is -2.87. The third kappa shape index (κ3) is 2.52. The lowest BCUT2D eigenvalue weighted by molar-refractivity contribution is -0.137. The second-order valence-electron chi connectivity index (χ2n) is 3.30. The average molecular weight is 216 g/mol. The Balaban J connectivity index is 3.14. The standard InChI is InChI=1S/C11H11F3O/c1-3-7(2)9-5-4-8(6-10(9)15)11(12,13)14/h3-7,15H,1H2,2H3. The molecule has 82 valence electrons. The van der Waals surface area contributed by atoms with Crippen LogP contribution in [0.5, 0.6) is 5.75 Å². The predicted octanol–water partition coefficient (Wildman–Crippen LogP) is 3.70. The second kappa shape index (κ2) is 3.96. The van der Waals surface area contributed by atoms with Gasteiger partial charge in [0.05, 0.1) is 5.56 Å². The van der Waals surface area contributed by atoms with Crippen LogP contribution in [-0.2, 0) is 6.18 Å². The maximum absolute atomic E-state index is 12.3. The van der Waals surface area contributed by atoms with Gasteiger partial charge in [-0.25, -0.2) is 0 Å². The van der Waals surface area contributed by atoms with Crippen LogP contribution in [0.15, 0.2) is 30.9 Å². The van der Waals surface area contributed by atoms with Gasteiger partial charge >= 0.3 is 6.18 Å². The highest BCUT2D eigenvalue weighted by Gasteiger charge is 2.31. The monoisotopic (exact) mass is 216 g/mol. The molecule has 0 heterocycles. The fourth-order valence-electron chi connectivity index (χ4n) is 1.23. The number of phenols is 1. The number of hydrogen-bond donors (Lipinski definition) is 1. The Morgan fingerprint density at radius 1 is 1.40 bits per heavy atom. The highest BCUT2D eigenvalue weighted by molar-refractivity contribution is 5.40. The number of aromatic hydroxyl groups is 1. The molecule has 0 aromatic heterocycles. The molecule has 1 nitrogen and oxygen atoms in total. The van der Waals surface area contributed by atoms with Crippen molar-refractivity contribution in [2.75, 3.05) is 0 Å². The minimum Gasteiger partial charge on any atom is -0.508 e. The Bertz CT molecular complexity index is 369. The summed E-state index contributed by atoms with van der Waals surface area (Å²) in [5, 5.41) is 9.41.